The van der Waals surface area contributed by atoms with Crippen molar-refractivity contribution < 1.29 is 14.9 Å². The van der Waals surface area contributed by atoms with Crippen LogP contribution >= 0.6 is 11.6 Å². The molecule has 0 bridgehead atoms. The van der Waals surface area contributed by atoms with E-state index in [4.69, 9.17) is 26.6 Å². The number of aliphatic hydroxyl groups excluding tert-OH is 2. The lowest BCUT2D eigenvalue weighted by atomic mass is 10.2. The third-order valence-electron chi connectivity index (χ3n) is 1.41. The highest BCUT2D eigenvalue weighted by molar-refractivity contribution is 6.20. The Bertz CT molecular complexity index is 98.3. The van der Waals surface area contributed by atoms with E-state index in [-0.39, 0.29) is 18.6 Å². The predicted molar refractivity (Wildman–Crippen MR) is 48.5 cm³/mol. The average molecular weight is 197 g/mol. The molecule has 4 heteroatoms. The second kappa shape index (κ2) is 7.80. The van der Waals surface area contributed by atoms with Crippen molar-refractivity contribution in [3.05, 3.63) is 0 Å². The molecule has 0 saturated heterocycles. The fourth-order valence-electron chi connectivity index (χ4n) is 0.739. The molecule has 0 rings (SSSR count). The molecule has 0 heterocycles. The van der Waals surface area contributed by atoms with Gasteiger partial charge in [0.05, 0.1) is 13.2 Å². The van der Waals surface area contributed by atoms with Crippen molar-refractivity contribution >= 4 is 11.6 Å². The zero-order chi connectivity index (χ0) is 9.40. The van der Waals surface area contributed by atoms with E-state index in [2.05, 4.69) is 0 Å². The standard InChI is InChI=1S/C8H17ClO3/c1-7(9)3-2-4-12-6-8(11)5-10/h7-8,10-11H,2-6H2,1H3. The van der Waals surface area contributed by atoms with Crippen LogP contribution in [0.5, 0.6) is 0 Å². The van der Waals surface area contributed by atoms with Gasteiger partial charge in [0.25, 0.3) is 0 Å². The number of hydrogen-bond acceptors (Lipinski definition) is 3. The molecule has 0 aliphatic heterocycles. The lowest BCUT2D eigenvalue weighted by Crippen LogP contribution is -2.19. The molecule has 0 fully saturated rings. The molecule has 0 aliphatic rings. The Hall–Kier alpha value is 0.170. The largest absolute Gasteiger partial charge is 0.394 e. The maximum atomic E-state index is 8.87. The van der Waals surface area contributed by atoms with Crippen molar-refractivity contribution in [2.75, 3.05) is 19.8 Å². The molecule has 0 amide bonds. The molecule has 0 saturated carbocycles. The first-order valence-corrected chi connectivity index (χ1v) is 4.61. The second-order valence-electron chi connectivity index (χ2n) is 2.83. The number of hydrogen-bond donors (Lipinski definition) is 2. The molecule has 3 nitrogen and oxygen atoms in total. The van der Waals surface area contributed by atoms with E-state index in [1.807, 2.05) is 6.92 Å². The van der Waals surface area contributed by atoms with Crippen LogP contribution in [-0.4, -0.2) is 41.5 Å². The summed E-state index contributed by atoms with van der Waals surface area (Å²) >= 11 is 5.70. The van der Waals surface area contributed by atoms with Crippen molar-refractivity contribution in [3.8, 4) is 0 Å². The fraction of sp³-hybridized carbons (Fsp3) is 1.00. The summed E-state index contributed by atoms with van der Waals surface area (Å²) < 4.78 is 5.07. The van der Waals surface area contributed by atoms with Crippen molar-refractivity contribution in [1.29, 1.82) is 0 Å². The summed E-state index contributed by atoms with van der Waals surface area (Å²) in [4.78, 5) is 0. The van der Waals surface area contributed by atoms with Gasteiger partial charge < -0.3 is 14.9 Å². The Morgan fingerprint density at radius 1 is 1.50 bits per heavy atom. The molecule has 12 heavy (non-hydrogen) atoms. The molecule has 0 spiro atoms. The summed E-state index contributed by atoms with van der Waals surface area (Å²) in [5.41, 5.74) is 0. The minimum atomic E-state index is -0.751. The highest BCUT2D eigenvalue weighted by Gasteiger charge is 2.01. The minimum Gasteiger partial charge on any atom is -0.394 e. The van der Waals surface area contributed by atoms with E-state index >= 15 is 0 Å². The van der Waals surface area contributed by atoms with E-state index in [1.165, 1.54) is 0 Å². The van der Waals surface area contributed by atoms with Crippen LogP contribution in [0.4, 0.5) is 0 Å². The molecule has 0 aromatic carbocycles. The zero-order valence-corrected chi connectivity index (χ0v) is 8.13. The number of alkyl halides is 1. The van der Waals surface area contributed by atoms with Gasteiger partial charge in [-0.2, -0.15) is 0 Å². The molecule has 74 valence electrons. The Morgan fingerprint density at radius 3 is 2.67 bits per heavy atom. The average Bonchev–Trinajstić information content (AvgIpc) is 2.03. The van der Waals surface area contributed by atoms with E-state index in [0.717, 1.165) is 12.8 Å². The third-order valence-corrected chi connectivity index (χ3v) is 1.63. The smallest absolute Gasteiger partial charge is 0.100 e. The van der Waals surface area contributed by atoms with Gasteiger partial charge in [-0.15, -0.1) is 11.6 Å². The Kier molecular flexibility index (Phi) is 7.91. The van der Waals surface area contributed by atoms with E-state index in [0.29, 0.717) is 6.61 Å². The fourth-order valence-corrected chi connectivity index (χ4v) is 0.893. The van der Waals surface area contributed by atoms with Crippen molar-refractivity contribution in [2.45, 2.75) is 31.2 Å². The summed E-state index contributed by atoms with van der Waals surface area (Å²) in [5.74, 6) is 0. The van der Waals surface area contributed by atoms with Crippen LogP contribution in [0.15, 0.2) is 0 Å². The minimum absolute atomic E-state index is 0.177. The summed E-state index contributed by atoms with van der Waals surface area (Å²) in [6.07, 6.45) is 1.05. The number of aliphatic hydroxyl groups is 2. The van der Waals surface area contributed by atoms with Crippen molar-refractivity contribution in [3.63, 3.8) is 0 Å². The van der Waals surface area contributed by atoms with Gasteiger partial charge in [-0.25, -0.2) is 0 Å². The monoisotopic (exact) mass is 196 g/mol. The topological polar surface area (TPSA) is 49.7 Å². The zero-order valence-electron chi connectivity index (χ0n) is 7.37. The normalized spacial score (nSPS) is 16.0. The lowest BCUT2D eigenvalue weighted by molar-refractivity contribution is 0.00538. The van der Waals surface area contributed by atoms with Gasteiger partial charge in [0.2, 0.25) is 0 Å². The lowest BCUT2D eigenvalue weighted by Gasteiger charge is -2.08. The quantitative estimate of drug-likeness (QED) is 0.467. The maximum Gasteiger partial charge on any atom is 0.100 e. The summed E-state index contributed by atoms with van der Waals surface area (Å²) in [6.45, 7) is 2.48. The molecule has 0 radical (unpaired) electrons. The molecular formula is C8H17ClO3. The SMILES string of the molecule is CC(Cl)CCCOCC(O)CO. The van der Waals surface area contributed by atoms with Gasteiger partial charge in [-0.05, 0) is 19.8 Å². The van der Waals surface area contributed by atoms with Crippen LogP contribution in [0, 0.1) is 0 Å². The van der Waals surface area contributed by atoms with Crippen molar-refractivity contribution in [2.24, 2.45) is 0 Å². The van der Waals surface area contributed by atoms with Crippen molar-refractivity contribution in [1.82, 2.24) is 0 Å². The first-order valence-electron chi connectivity index (χ1n) is 4.17. The van der Waals surface area contributed by atoms with Gasteiger partial charge >= 0.3 is 0 Å². The van der Waals surface area contributed by atoms with E-state index in [1.54, 1.807) is 0 Å². The van der Waals surface area contributed by atoms with Gasteiger partial charge in [-0.3, -0.25) is 0 Å². The van der Waals surface area contributed by atoms with Gasteiger partial charge in [0.1, 0.15) is 6.10 Å². The molecular weight excluding hydrogens is 180 g/mol. The molecule has 0 aromatic heterocycles. The number of ether oxygens (including phenoxy) is 1. The van der Waals surface area contributed by atoms with Crippen LogP contribution in [0.3, 0.4) is 0 Å². The Balaban J connectivity index is 3.00. The van der Waals surface area contributed by atoms with E-state index < -0.39 is 6.10 Å². The van der Waals surface area contributed by atoms with Crippen LogP contribution in [0.1, 0.15) is 19.8 Å². The number of halogens is 1. The molecule has 2 N–H and O–H groups in total. The second-order valence-corrected chi connectivity index (χ2v) is 3.58. The first kappa shape index (κ1) is 12.2. The summed E-state index contributed by atoms with van der Waals surface area (Å²) in [7, 11) is 0. The van der Waals surface area contributed by atoms with Gasteiger partial charge in [0, 0.05) is 12.0 Å². The summed E-state index contributed by atoms with van der Waals surface area (Å²) in [6, 6.07) is 0. The molecule has 2 atom stereocenters. The third kappa shape index (κ3) is 8.27. The number of rotatable bonds is 7. The van der Waals surface area contributed by atoms with Crippen LogP contribution in [-0.2, 0) is 4.74 Å². The van der Waals surface area contributed by atoms with Gasteiger partial charge in [-0.1, -0.05) is 0 Å². The Morgan fingerprint density at radius 2 is 2.17 bits per heavy atom. The Labute approximate surface area is 78.3 Å². The van der Waals surface area contributed by atoms with Crippen LogP contribution < -0.4 is 0 Å². The van der Waals surface area contributed by atoms with E-state index in [9.17, 15) is 0 Å². The van der Waals surface area contributed by atoms with Gasteiger partial charge in [0.15, 0.2) is 0 Å². The molecule has 2 unspecified atom stereocenters. The predicted octanol–water partition coefficient (Wildman–Crippen LogP) is 0.764. The highest BCUT2D eigenvalue weighted by atomic mass is 35.5. The first-order chi connectivity index (χ1) is 5.66. The van der Waals surface area contributed by atoms with Crippen LogP contribution in [0.2, 0.25) is 0 Å². The summed E-state index contributed by atoms with van der Waals surface area (Å²) in [5, 5.41) is 17.5. The highest BCUT2D eigenvalue weighted by Crippen LogP contribution is 2.03. The molecule has 0 aliphatic carbocycles. The molecule has 0 aromatic rings. The van der Waals surface area contributed by atoms with Crippen LogP contribution in [0.25, 0.3) is 0 Å². The maximum absolute atomic E-state index is 8.87.